The molecule has 3 aromatic carbocycles. The van der Waals surface area contributed by atoms with Gasteiger partial charge in [0.15, 0.2) is 0 Å². The van der Waals surface area contributed by atoms with E-state index in [2.05, 4.69) is 24.3 Å². The highest BCUT2D eigenvalue weighted by Crippen LogP contribution is 2.32. The van der Waals surface area contributed by atoms with Gasteiger partial charge in [0.05, 0.1) is 0 Å². The molecule has 0 bridgehead atoms. The molecule has 0 aliphatic rings. The van der Waals surface area contributed by atoms with Crippen LogP contribution in [0.4, 0.5) is 0 Å². The number of phenols is 1. The van der Waals surface area contributed by atoms with Crippen LogP contribution < -0.4 is 0 Å². The Morgan fingerprint density at radius 2 is 0.947 bits per heavy atom. The Morgan fingerprint density at radius 1 is 0.474 bits per heavy atom. The molecule has 0 spiro atoms. The maximum absolute atomic E-state index is 9.39. The first-order valence-corrected chi connectivity index (χ1v) is 6.28. The van der Waals surface area contributed by atoms with Gasteiger partial charge in [0.25, 0.3) is 0 Å². The molecule has 3 rings (SSSR count). The Balaban J connectivity index is 2.15. The lowest BCUT2D eigenvalue weighted by atomic mass is 9.95. The summed E-state index contributed by atoms with van der Waals surface area (Å²) in [5.41, 5.74) is 4.69. The molecule has 1 N–H and O–H groups in total. The zero-order chi connectivity index (χ0) is 13.1. The average Bonchev–Trinajstić information content (AvgIpc) is 2.49. The summed E-state index contributed by atoms with van der Waals surface area (Å²) in [5, 5.41) is 9.39. The maximum atomic E-state index is 9.39. The van der Waals surface area contributed by atoms with E-state index in [0.717, 1.165) is 5.56 Å². The second-order valence-electron chi connectivity index (χ2n) is 4.46. The van der Waals surface area contributed by atoms with Crippen molar-refractivity contribution < 1.29 is 5.11 Å². The smallest absolute Gasteiger partial charge is 0.115 e. The summed E-state index contributed by atoms with van der Waals surface area (Å²) in [4.78, 5) is 0. The zero-order valence-corrected chi connectivity index (χ0v) is 10.5. The first kappa shape index (κ1) is 11.5. The van der Waals surface area contributed by atoms with Crippen LogP contribution in [0.1, 0.15) is 0 Å². The highest BCUT2D eigenvalue weighted by atomic mass is 16.3. The Kier molecular flexibility index (Phi) is 3.03. The summed E-state index contributed by atoms with van der Waals surface area (Å²) >= 11 is 0. The minimum Gasteiger partial charge on any atom is -0.508 e. The largest absolute Gasteiger partial charge is 0.508 e. The zero-order valence-electron chi connectivity index (χ0n) is 10.5. The number of phenolic OH excluding ortho intramolecular Hbond substituents is 1. The summed E-state index contributed by atoms with van der Waals surface area (Å²) in [5.74, 6) is 0.293. The van der Waals surface area contributed by atoms with Gasteiger partial charge in [-0.15, -0.1) is 0 Å². The number of rotatable bonds is 2. The fourth-order valence-electron chi connectivity index (χ4n) is 2.25. The standard InChI is InChI=1S/C18H14O/c19-16-12-10-15(11-13-16)18-9-5-4-8-17(18)14-6-2-1-3-7-14/h1-13,19H. The first-order chi connectivity index (χ1) is 9.34. The minimum absolute atomic E-state index is 0.293. The molecule has 0 unspecified atom stereocenters. The molecule has 0 saturated carbocycles. The van der Waals surface area contributed by atoms with Crippen molar-refractivity contribution >= 4 is 0 Å². The molecule has 1 heteroatoms. The Hall–Kier alpha value is -2.54. The lowest BCUT2D eigenvalue weighted by Gasteiger charge is -2.10. The average molecular weight is 246 g/mol. The summed E-state index contributed by atoms with van der Waals surface area (Å²) in [6, 6.07) is 26.0. The molecule has 0 atom stereocenters. The predicted molar refractivity (Wildman–Crippen MR) is 79.0 cm³/mol. The highest BCUT2D eigenvalue weighted by Gasteiger charge is 2.06. The van der Waals surface area contributed by atoms with Crippen molar-refractivity contribution in [2.45, 2.75) is 0 Å². The van der Waals surface area contributed by atoms with Crippen LogP contribution in [0.25, 0.3) is 22.3 Å². The van der Waals surface area contributed by atoms with Crippen molar-refractivity contribution in [3.05, 3.63) is 78.9 Å². The molecular formula is C18H14O. The minimum atomic E-state index is 0.293. The second-order valence-corrected chi connectivity index (χ2v) is 4.46. The summed E-state index contributed by atoms with van der Waals surface area (Å²) in [7, 11) is 0. The van der Waals surface area contributed by atoms with E-state index >= 15 is 0 Å². The SMILES string of the molecule is Oc1ccc(-c2ccccc2-c2ccccc2)cc1. The van der Waals surface area contributed by atoms with E-state index in [1.807, 2.05) is 42.5 Å². The topological polar surface area (TPSA) is 20.2 Å². The molecule has 0 amide bonds. The third-order valence-electron chi connectivity index (χ3n) is 3.19. The molecule has 3 aromatic rings. The summed E-state index contributed by atoms with van der Waals surface area (Å²) in [6.07, 6.45) is 0. The van der Waals surface area contributed by atoms with Crippen LogP contribution >= 0.6 is 0 Å². The third kappa shape index (κ3) is 2.36. The summed E-state index contributed by atoms with van der Waals surface area (Å²) < 4.78 is 0. The van der Waals surface area contributed by atoms with Gasteiger partial charge in [0, 0.05) is 0 Å². The number of hydrogen-bond acceptors (Lipinski definition) is 1. The van der Waals surface area contributed by atoms with Gasteiger partial charge in [0.2, 0.25) is 0 Å². The molecule has 0 fully saturated rings. The van der Waals surface area contributed by atoms with E-state index < -0.39 is 0 Å². The van der Waals surface area contributed by atoms with Crippen LogP contribution in [0.3, 0.4) is 0 Å². The molecule has 0 radical (unpaired) electrons. The van der Waals surface area contributed by atoms with Crippen molar-refractivity contribution in [2.75, 3.05) is 0 Å². The number of benzene rings is 3. The lowest BCUT2D eigenvalue weighted by molar-refractivity contribution is 0.475. The summed E-state index contributed by atoms with van der Waals surface area (Å²) in [6.45, 7) is 0. The van der Waals surface area contributed by atoms with E-state index in [4.69, 9.17) is 0 Å². The van der Waals surface area contributed by atoms with E-state index in [1.54, 1.807) is 12.1 Å². The van der Waals surface area contributed by atoms with Gasteiger partial charge in [-0.05, 0) is 34.4 Å². The Bertz CT molecular complexity index is 670. The van der Waals surface area contributed by atoms with Crippen molar-refractivity contribution in [3.63, 3.8) is 0 Å². The lowest BCUT2D eigenvalue weighted by Crippen LogP contribution is -1.84. The van der Waals surface area contributed by atoms with Gasteiger partial charge in [0.1, 0.15) is 5.75 Å². The molecule has 0 aliphatic carbocycles. The predicted octanol–water partition coefficient (Wildman–Crippen LogP) is 4.73. The van der Waals surface area contributed by atoms with Gasteiger partial charge in [-0.1, -0.05) is 66.7 Å². The molecule has 0 heterocycles. The quantitative estimate of drug-likeness (QED) is 0.693. The van der Waals surface area contributed by atoms with E-state index in [0.29, 0.717) is 5.75 Å². The van der Waals surface area contributed by atoms with E-state index in [1.165, 1.54) is 16.7 Å². The van der Waals surface area contributed by atoms with Gasteiger partial charge in [-0.2, -0.15) is 0 Å². The van der Waals surface area contributed by atoms with Crippen LogP contribution in [0, 0.1) is 0 Å². The Morgan fingerprint density at radius 3 is 1.53 bits per heavy atom. The number of aromatic hydroxyl groups is 1. The third-order valence-corrected chi connectivity index (χ3v) is 3.19. The second kappa shape index (κ2) is 4.99. The first-order valence-electron chi connectivity index (χ1n) is 6.28. The fraction of sp³-hybridized carbons (Fsp3) is 0. The van der Waals surface area contributed by atoms with Crippen molar-refractivity contribution in [1.82, 2.24) is 0 Å². The van der Waals surface area contributed by atoms with Crippen LogP contribution in [0.5, 0.6) is 5.75 Å². The van der Waals surface area contributed by atoms with E-state index in [9.17, 15) is 5.11 Å². The van der Waals surface area contributed by atoms with E-state index in [-0.39, 0.29) is 0 Å². The molecule has 0 saturated heterocycles. The Labute approximate surface area is 112 Å². The monoisotopic (exact) mass is 246 g/mol. The van der Waals surface area contributed by atoms with Crippen molar-refractivity contribution in [1.29, 1.82) is 0 Å². The molecule has 92 valence electrons. The molecule has 1 nitrogen and oxygen atoms in total. The normalized spacial score (nSPS) is 10.3. The van der Waals surface area contributed by atoms with Crippen LogP contribution in [-0.2, 0) is 0 Å². The van der Waals surface area contributed by atoms with Crippen LogP contribution in [0.2, 0.25) is 0 Å². The number of hydrogen-bond donors (Lipinski definition) is 1. The van der Waals surface area contributed by atoms with Gasteiger partial charge in [-0.3, -0.25) is 0 Å². The van der Waals surface area contributed by atoms with Crippen LogP contribution in [-0.4, -0.2) is 5.11 Å². The van der Waals surface area contributed by atoms with Gasteiger partial charge in [-0.25, -0.2) is 0 Å². The molecule has 19 heavy (non-hydrogen) atoms. The molecule has 0 aromatic heterocycles. The molecular weight excluding hydrogens is 232 g/mol. The van der Waals surface area contributed by atoms with Crippen molar-refractivity contribution in [2.24, 2.45) is 0 Å². The fourth-order valence-corrected chi connectivity index (χ4v) is 2.25. The van der Waals surface area contributed by atoms with Gasteiger partial charge >= 0.3 is 0 Å². The molecule has 0 aliphatic heterocycles. The van der Waals surface area contributed by atoms with Gasteiger partial charge < -0.3 is 5.11 Å². The maximum Gasteiger partial charge on any atom is 0.115 e. The van der Waals surface area contributed by atoms with Crippen molar-refractivity contribution in [3.8, 4) is 28.0 Å². The van der Waals surface area contributed by atoms with Crippen LogP contribution in [0.15, 0.2) is 78.9 Å². The highest BCUT2D eigenvalue weighted by molar-refractivity contribution is 5.83.